The monoisotopic (exact) mass is 207 g/mol. The molecular weight excluding hydrogens is 186 g/mol. The number of nitrogens with two attached hydrogens (primary N) is 1. The van der Waals surface area contributed by atoms with Crippen molar-refractivity contribution in [3.05, 3.63) is 24.8 Å². The van der Waals surface area contributed by atoms with Gasteiger partial charge in [0, 0.05) is 11.8 Å². The van der Waals surface area contributed by atoms with Gasteiger partial charge in [0.2, 0.25) is 0 Å². The number of hydrogen-bond acceptors (Lipinski definition) is 3. The molecule has 0 spiro atoms. The van der Waals surface area contributed by atoms with Crippen molar-refractivity contribution in [3.63, 3.8) is 0 Å². The van der Waals surface area contributed by atoms with Gasteiger partial charge in [0.1, 0.15) is 5.82 Å². The largest absolute Gasteiger partial charge is 0.386 e. The molecule has 2 N–H and O–H groups in total. The fraction of sp³-hybridized carbons (Fsp3) is 0.583. The lowest BCUT2D eigenvalue weighted by Crippen LogP contribution is -2.34. The van der Waals surface area contributed by atoms with Crippen molar-refractivity contribution in [1.82, 2.24) is 4.90 Å². The summed E-state index contributed by atoms with van der Waals surface area (Å²) in [6.45, 7) is 11.7. The quantitative estimate of drug-likeness (QED) is 0.720. The summed E-state index contributed by atoms with van der Waals surface area (Å²) in [6, 6.07) is 0.443. The van der Waals surface area contributed by atoms with Crippen LogP contribution in [0.25, 0.3) is 0 Å². The molecule has 84 valence electrons. The number of aliphatic imine (C=N–C) groups is 1. The van der Waals surface area contributed by atoms with Crippen LogP contribution in [-0.4, -0.2) is 16.7 Å². The molecule has 0 aliphatic heterocycles. The van der Waals surface area contributed by atoms with E-state index in [0.29, 0.717) is 11.9 Å². The van der Waals surface area contributed by atoms with Crippen molar-refractivity contribution in [2.75, 3.05) is 0 Å². The average molecular weight is 207 g/mol. The molecule has 15 heavy (non-hydrogen) atoms. The number of hydrogen-bond donors (Lipinski definition) is 1. The molecule has 0 atom stereocenters. The van der Waals surface area contributed by atoms with Gasteiger partial charge in [0.25, 0.3) is 0 Å². The molecule has 1 rings (SSSR count). The molecule has 3 heteroatoms. The van der Waals surface area contributed by atoms with E-state index in [-0.39, 0.29) is 0 Å². The van der Waals surface area contributed by atoms with E-state index in [1.807, 2.05) is 18.7 Å². The molecule has 0 saturated heterocycles. The zero-order valence-corrected chi connectivity index (χ0v) is 9.79. The Bertz CT molecular complexity index is 281. The van der Waals surface area contributed by atoms with Crippen LogP contribution in [0, 0.1) is 0 Å². The highest BCUT2D eigenvalue weighted by Gasteiger charge is 2.24. The van der Waals surface area contributed by atoms with Crippen LogP contribution in [0.4, 0.5) is 0 Å². The van der Waals surface area contributed by atoms with Crippen LogP contribution in [0.3, 0.4) is 0 Å². The highest BCUT2D eigenvalue weighted by molar-refractivity contribution is 5.80. The summed E-state index contributed by atoms with van der Waals surface area (Å²) in [4.78, 5) is 6.32. The van der Waals surface area contributed by atoms with Gasteiger partial charge in [-0.15, -0.1) is 0 Å². The first-order valence-corrected chi connectivity index (χ1v) is 5.46. The molecule has 0 amide bonds. The molecule has 0 aromatic carbocycles. The molecule has 0 unspecified atom stereocenters. The van der Waals surface area contributed by atoms with E-state index in [1.165, 1.54) is 12.8 Å². The molecule has 1 aliphatic rings. The Morgan fingerprint density at radius 3 is 2.20 bits per heavy atom. The van der Waals surface area contributed by atoms with Crippen molar-refractivity contribution < 1.29 is 0 Å². The van der Waals surface area contributed by atoms with Gasteiger partial charge in [-0.2, -0.15) is 0 Å². The Kier molecular flexibility index (Phi) is 3.95. The SMILES string of the molecule is C=C(N)N(C(=C)N=C(C)C)C1CCCC1. The molecule has 0 radical (unpaired) electrons. The lowest BCUT2D eigenvalue weighted by molar-refractivity contribution is 0.313. The summed E-state index contributed by atoms with van der Waals surface area (Å²) in [5.74, 6) is 1.27. The van der Waals surface area contributed by atoms with E-state index < -0.39 is 0 Å². The summed E-state index contributed by atoms with van der Waals surface area (Å²) >= 11 is 0. The van der Waals surface area contributed by atoms with Crippen LogP contribution in [0.15, 0.2) is 29.8 Å². The van der Waals surface area contributed by atoms with Gasteiger partial charge in [-0.25, -0.2) is 4.99 Å². The third-order valence-corrected chi connectivity index (χ3v) is 2.63. The molecule has 1 aliphatic carbocycles. The maximum absolute atomic E-state index is 5.79. The summed E-state index contributed by atoms with van der Waals surface area (Å²) in [7, 11) is 0. The molecule has 1 saturated carbocycles. The second kappa shape index (κ2) is 5.01. The van der Waals surface area contributed by atoms with Crippen molar-refractivity contribution in [2.45, 2.75) is 45.6 Å². The lowest BCUT2D eigenvalue weighted by atomic mass is 10.2. The van der Waals surface area contributed by atoms with Crippen molar-refractivity contribution in [3.8, 4) is 0 Å². The Labute approximate surface area is 92.4 Å². The van der Waals surface area contributed by atoms with Gasteiger partial charge in [-0.1, -0.05) is 26.0 Å². The lowest BCUT2D eigenvalue weighted by Gasteiger charge is -2.30. The first kappa shape index (κ1) is 11.8. The maximum atomic E-state index is 5.79. The summed E-state index contributed by atoms with van der Waals surface area (Å²) < 4.78 is 0. The van der Waals surface area contributed by atoms with Crippen molar-refractivity contribution in [2.24, 2.45) is 10.7 Å². The third kappa shape index (κ3) is 3.11. The Hall–Kier alpha value is -1.25. The van der Waals surface area contributed by atoms with E-state index in [2.05, 4.69) is 18.2 Å². The molecule has 0 aromatic rings. The van der Waals surface area contributed by atoms with Crippen molar-refractivity contribution >= 4 is 5.71 Å². The fourth-order valence-corrected chi connectivity index (χ4v) is 2.09. The van der Waals surface area contributed by atoms with Crippen LogP contribution < -0.4 is 5.73 Å². The van der Waals surface area contributed by atoms with Crippen LogP contribution in [-0.2, 0) is 0 Å². The number of rotatable bonds is 4. The minimum atomic E-state index is 0.443. The molecule has 0 bridgehead atoms. The van der Waals surface area contributed by atoms with Gasteiger partial charge in [-0.3, -0.25) is 0 Å². The van der Waals surface area contributed by atoms with E-state index in [4.69, 9.17) is 5.73 Å². The van der Waals surface area contributed by atoms with Crippen LogP contribution >= 0.6 is 0 Å². The molecule has 3 nitrogen and oxygen atoms in total. The van der Waals surface area contributed by atoms with E-state index in [9.17, 15) is 0 Å². The fourth-order valence-electron chi connectivity index (χ4n) is 2.09. The highest BCUT2D eigenvalue weighted by atomic mass is 15.3. The molecular formula is C12H21N3. The molecule has 1 fully saturated rings. The van der Waals surface area contributed by atoms with Gasteiger partial charge in [0.05, 0.1) is 5.82 Å². The zero-order valence-electron chi connectivity index (χ0n) is 9.79. The standard InChI is InChI=1S/C12H21N3/c1-9(2)14-11(4)15(10(3)13)12-7-5-6-8-12/h12H,3-8,13H2,1-2H3. The van der Waals surface area contributed by atoms with Crippen LogP contribution in [0.5, 0.6) is 0 Å². The minimum absolute atomic E-state index is 0.443. The Morgan fingerprint density at radius 2 is 1.80 bits per heavy atom. The summed E-state index contributed by atoms with van der Waals surface area (Å²) in [5, 5.41) is 0. The highest BCUT2D eigenvalue weighted by Crippen LogP contribution is 2.27. The number of nitrogens with zero attached hydrogens (tertiary/aromatic N) is 2. The molecule has 0 aromatic heterocycles. The molecule has 0 heterocycles. The zero-order chi connectivity index (χ0) is 11.4. The van der Waals surface area contributed by atoms with E-state index >= 15 is 0 Å². The second-order valence-electron chi connectivity index (χ2n) is 4.27. The van der Waals surface area contributed by atoms with Crippen LogP contribution in [0.2, 0.25) is 0 Å². The van der Waals surface area contributed by atoms with Gasteiger partial charge in [-0.05, 0) is 26.7 Å². The first-order chi connectivity index (χ1) is 7.02. The van der Waals surface area contributed by atoms with Gasteiger partial charge in [0.15, 0.2) is 0 Å². The van der Waals surface area contributed by atoms with Gasteiger partial charge >= 0.3 is 0 Å². The topological polar surface area (TPSA) is 41.6 Å². The Morgan fingerprint density at radius 1 is 1.27 bits per heavy atom. The van der Waals surface area contributed by atoms with Crippen LogP contribution in [0.1, 0.15) is 39.5 Å². The smallest absolute Gasteiger partial charge is 0.126 e. The minimum Gasteiger partial charge on any atom is -0.386 e. The predicted octanol–water partition coefficient (Wildman–Crippen LogP) is 2.61. The van der Waals surface area contributed by atoms with E-state index in [0.717, 1.165) is 24.4 Å². The average Bonchev–Trinajstić information content (AvgIpc) is 2.54. The predicted molar refractivity (Wildman–Crippen MR) is 65.3 cm³/mol. The third-order valence-electron chi connectivity index (χ3n) is 2.63. The van der Waals surface area contributed by atoms with Gasteiger partial charge < -0.3 is 10.6 Å². The maximum Gasteiger partial charge on any atom is 0.126 e. The second-order valence-corrected chi connectivity index (χ2v) is 4.27. The normalized spacial score (nSPS) is 16.1. The Balaban J connectivity index is 2.77. The first-order valence-electron chi connectivity index (χ1n) is 5.46. The summed E-state index contributed by atoms with van der Waals surface area (Å²) in [6.07, 6.45) is 4.84. The van der Waals surface area contributed by atoms with E-state index in [1.54, 1.807) is 0 Å². The van der Waals surface area contributed by atoms with Crippen molar-refractivity contribution in [1.29, 1.82) is 0 Å². The summed E-state index contributed by atoms with van der Waals surface area (Å²) in [5.41, 5.74) is 6.78.